The van der Waals surface area contributed by atoms with Crippen molar-refractivity contribution in [1.82, 2.24) is 0 Å². The Morgan fingerprint density at radius 2 is 1.84 bits per heavy atom. The first-order valence-corrected chi connectivity index (χ1v) is 7.56. The largest absolute Gasteiger partial charge is 0.490 e. The van der Waals surface area contributed by atoms with E-state index in [-0.39, 0.29) is 37.1 Å². The number of rotatable bonds is 6. The predicted molar refractivity (Wildman–Crippen MR) is 86.4 cm³/mol. The summed E-state index contributed by atoms with van der Waals surface area (Å²) in [5.74, 6) is 0.198. The summed E-state index contributed by atoms with van der Waals surface area (Å²) in [4.78, 5) is 22.6. The van der Waals surface area contributed by atoms with Gasteiger partial charge in [-0.1, -0.05) is 11.6 Å². The Balaban J connectivity index is 1.61. The third kappa shape index (κ3) is 3.92. The first kappa shape index (κ1) is 16.8. The van der Waals surface area contributed by atoms with Crippen LogP contribution in [0.5, 0.6) is 17.2 Å². The summed E-state index contributed by atoms with van der Waals surface area (Å²) in [5.41, 5.74) is -0.617. The number of nitro groups is 1. The summed E-state index contributed by atoms with van der Waals surface area (Å²) in [6, 6.07) is 9.06. The molecule has 1 aliphatic heterocycles. The highest BCUT2D eigenvalue weighted by Crippen LogP contribution is 2.38. The van der Waals surface area contributed by atoms with E-state index in [0.717, 1.165) is 6.07 Å². The first-order chi connectivity index (χ1) is 12.0. The SMILES string of the molecule is O=C(OCCOc1ccc(Cl)cc1)c1cc2c(cc1[N+](=O)[O-])OCO2. The zero-order valence-corrected chi connectivity index (χ0v) is 13.5. The van der Waals surface area contributed by atoms with Gasteiger partial charge >= 0.3 is 5.97 Å². The maximum Gasteiger partial charge on any atom is 0.345 e. The van der Waals surface area contributed by atoms with Crippen LogP contribution in [0.3, 0.4) is 0 Å². The molecule has 130 valence electrons. The Hall–Kier alpha value is -3.00. The molecule has 8 nitrogen and oxygen atoms in total. The van der Waals surface area contributed by atoms with E-state index in [1.807, 2.05) is 0 Å². The number of esters is 1. The molecule has 0 aliphatic carbocycles. The van der Waals surface area contributed by atoms with Gasteiger partial charge in [0.05, 0.1) is 11.0 Å². The van der Waals surface area contributed by atoms with E-state index in [0.29, 0.717) is 10.8 Å². The van der Waals surface area contributed by atoms with Gasteiger partial charge in [-0.25, -0.2) is 4.79 Å². The van der Waals surface area contributed by atoms with Crippen molar-refractivity contribution >= 4 is 23.3 Å². The minimum absolute atomic E-state index is 0.0556. The molecule has 9 heteroatoms. The van der Waals surface area contributed by atoms with Gasteiger partial charge < -0.3 is 18.9 Å². The average Bonchev–Trinajstić information content (AvgIpc) is 3.06. The van der Waals surface area contributed by atoms with E-state index in [9.17, 15) is 14.9 Å². The van der Waals surface area contributed by atoms with Crippen molar-refractivity contribution in [3.63, 3.8) is 0 Å². The van der Waals surface area contributed by atoms with Crippen molar-refractivity contribution in [2.45, 2.75) is 0 Å². The molecule has 0 N–H and O–H groups in total. The second kappa shape index (κ2) is 7.27. The van der Waals surface area contributed by atoms with Crippen LogP contribution in [0.1, 0.15) is 10.4 Å². The van der Waals surface area contributed by atoms with Crippen LogP contribution in [0.4, 0.5) is 5.69 Å². The summed E-state index contributed by atoms with van der Waals surface area (Å²) in [5, 5.41) is 11.7. The number of carbonyl (C=O) groups is 1. The van der Waals surface area contributed by atoms with Gasteiger partial charge in [0, 0.05) is 11.1 Å². The molecule has 0 saturated carbocycles. The van der Waals surface area contributed by atoms with Gasteiger partial charge in [0.15, 0.2) is 11.5 Å². The lowest BCUT2D eigenvalue weighted by atomic mass is 10.1. The zero-order valence-electron chi connectivity index (χ0n) is 12.8. The van der Waals surface area contributed by atoms with Crippen LogP contribution in [0.25, 0.3) is 0 Å². The molecule has 3 rings (SSSR count). The molecule has 0 aromatic heterocycles. The van der Waals surface area contributed by atoms with Crippen LogP contribution in [-0.4, -0.2) is 30.9 Å². The number of nitro benzene ring substituents is 1. The Bertz CT molecular complexity index is 807. The van der Waals surface area contributed by atoms with Crippen molar-refractivity contribution in [3.05, 3.63) is 57.1 Å². The molecule has 0 spiro atoms. The molecule has 0 bridgehead atoms. The van der Waals surface area contributed by atoms with E-state index in [4.69, 9.17) is 30.5 Å². The lowest BCUT2D eigenvalue weighted by Gasteiger charge is -2.08. The summed E-state index contributed by atoms with van der Waals surface area (Å²) in [7, 11) is 0. The van der Waals surface area contributed by atoms with Gasteiger partial charge in [-0.2, -0.15) is 0 Å². The van der Waals surface area contributed by atoms with E-state index >= 15 is 0 Å². The maximum atomic E-state index is 12.1. The van der Waals surface area contributed by atoms with Crippen molar-refractivity contribution in [3.8, 4) is 17.2 Å². The molecule has 25 heavy (non-hydrogen) atoms. The van der Waals surface area contributed by atoms with Gasteiger partial charge in [-0.15, -0.1) is 0 Å². The number of nitrogens with zero attached hydrogens (tertiary/aromatic N) is 1. The Kier molecular flexibility index (Phi) is 4.90. The number of carbonyl (C=O) groups excluding carboxylic acids is 1. The van der Waals surface area contributed by atoms with Crippen LogP contribution in [0.2, 0.25) is 5.02 Å². The molecule has 2 aromatic carbocycles. The van der Waals surface area contributed by atoms with Gasteiger partial charge in [-0.05, 0) is 24.3 Å². The lowest BCUT2D eigenvalue weighted by molar-refractivity contribution is -0.385. The van der Waals surface area contributed by atoms with Gasteiger partial charge in [-0.3, -0.25) is 10.1 Å². The molecular formula is C16H12ClNO7. The monoisotopic (exact) mass is 365 g/mol. The van der Waals surface area contributed by atoms with E-state index in [1.54, 1.807) is 24.3 Å². The molecule has 2 aromatic rings. The molecule has 0 fully saturated rings. The van der Waals surface area contributed by atoms with E-state index in [1.165, 1.54) is 6.07 Å². The van der Waals surface area contributed by atoms with Crippen molar-refractivity contribution in [1.29, 1.82) is 0 Å². The number of hydrogen-bond acceptors (Lipinski definition) is 7. The summed E-state index contributed by atoms with van der Waals surface area (Å²) in [6.07, 6.45) is 0. The number of benzene rings is 2. The number of hydrogen-bond donors (Lipinski definition) is 0. The average molecular weight is 366 g/mol. The number of halogens is 1. The quantitative estimate of drug-likeness (QED) is 0.335. The minimum atomic E-state index is -0.843. The second-order valence-corrected chi connectivity index (χ2v) is 5.35. The van der Waals surface area contributed by atoms with Crippen molar-refractivity contribution in [2.75, 3.05) is 20.0 Å². The number of fused-ring (bicyclic) bond motifs is 1. The van der Waals surface area contributed by atoms with Gasteiger partial charge in [0.25, 0.3) is 5.69 Å². The van der Waals surface area contributed by atoms with E-state index in [2.05, 4.69) is 0 Å². The molecule has 1 heterocycles. The molecule has 0 radical (unpaired) electrons. The Morgan fingerprint density at radius 1 is 1.16 bits per heavy atom. The van der Waals surface area contributed by atoms with Crippen LogP contribution in [0.15, 0.2) is 36.4 Å². The lowest BCUT2D eigenvalue weighted by Crippen LogP contribution is -2.13. The molecule has 1 aliphatic rings. The molecule has 0 saturated heterocycles. The van der Waals surface area contributed by atoms with Crippen LogP contribution in [0, 0.1) is 10.1 Å². The fraction of sp³-hybridized carbons (Fsp3) is 0.188. The Morgan fingerprint density at radius 3 is 2.52 bits per heavy atom. The van der Waals surface area contributed by atoms with Crippen LogP contribution < -0.4 is 14.2 Å². The third-order valence-corrected chi connectivity index (χ3v) is 3.56. The fourth-order valence-corrected chi connectivity index (χ4v) is 2.27. The smallest absolute Gasteiger partial charge is 0.345 e. The van der Waals surface area contributed by atoms with Crippen molar-refractivity contribution in [2.24, 2.45) is 0 Å². The summed E-state index contributed by atoms with van der Waals surface area (Å²) >= 11 is 5.76. The molecule has 0 amide bonds. The maximum absolute atomic E-state index is 12.1. The zero-order chi connectivity index (χ0) is 17.8. The normalized spacial score (nSPS) is 11.9. The standard InChI is InChI=1S/C16H12ClNO7/c17-10-1-3-11(4-2-10)22-5-6-23-16(19)12-7-14-15(25-9-24-14)8-13(12)18(20)21/h1-4,7-8H,5-6,9H2. The first-order valence-electron chi connectivity index (χ1n) is 7.18. The molecule has 0 unspecified atom stereocenters. The predicted octanol–water partition coefficient (Wildman–Crippen LogP) is 3.21. The van der Waals surface area contributed by atoms with Gasteiger partial charge in [0.1, 0.15) is 24.5 Å². The van der Waals surface area contributed by atoms with Crippen LogP contribution in [-0.2, 0) is 4.74 Å². The fourth-order valence-electron chi connectivity index (χ4n) is 2.15. The highest BCUT2D eigenvalue weighted by Gasteiger charge is 2.28. The summed E-state index contributed by atoms with van der Waals surface area (Å²) < 4.78 is 20.6. The molecular weight excluding hydrogens is 354 g/mol. The number of ether oxygens (including phenoxy) is 4. The molecule has 0 atom stereocenters. The van der Waals surface area contributed by atoms with E-state index < -0.39 is 16.6 Å². The highest BCUT2D eigenvalue weighted by molar-refractivity contribution is 6.30. The minimum Gasteiger partial charge on any atom is -0.490 e. The Labute approximate surface area is 147 Å². The van der Waals surface area contributed by atoms with Crippen LogP contribution >= 0.6 is 11.6 Å². The highest BCUT2D eigenvalue weighted by atomic mass is 35.5. The topological polar surface area (TPSA) is 97.1 Å². The summed E-state index contributed by atoms with van der Waals surface area (Å²) in [6.45, 7) is -0.0430. The van der Waals surface area contributed by atoms with Gasteiger partial charge in [0.2, 0.25) is 6.79 Å². The van der Waals surface area contributed by atoms with Crippen molar-refractivity contribution < 1.29 is 28.7 Å². The third-order valence-electron chi connectivity index (χ3n) is 3.31. The second-order valence-electron chi connectivity index (χ2n) is 4.92.